The van der Waals surface area contributed by atoms with E-state index in [1.165, 1.54) is 0 Å². The Morgan fingerprint density at radius 3 is 2.44 bits per heavy atom. The highest BCUT2D eigenvalue weighted by Crippen LogP contribution is 2.26. The monoisotopic (exact) mass is 253 g/mol. The molecule has 0 aromatic heterocycles. The van der Waals surface area contributed by atoms with Gasteiger partial charge in [0.15, 0.2) is 0 Å². The molecule has 0 spiro atoms. The van der Waals surface area contributed by atoms with Crippen molar-refractivity contribution in [2.75, 3.05) is 41.1 Å². The van der Waals surface area contributed by atoms with Gasteiger partial charge in [-0.1, -0.05) is 18.2 Å². The first-order valence-electron chi connectivity index (χ1n) is 6.20. The molecule has 102 valence electrons. The van der Waals surface area contributed by atoms with Gasteiger partial charge in [0.1, 0.15) is 12.4 Å². The van der Waals surface area contributed by atoms with E-state index in [4.69, 9.17) is 14.2 Å². The molecule has 1 aromatic carbocycles. The maximum absolute atomic E-state index is 5.73. The second-order valence-electron chi connectivity index (χ2n) is 4.00. The highest BCUT2D eigenvalue weighted by Gasteiger charge is 2.13. The number of hydrogen-bond acceptors (Lipinski definition) is 4. The molecular weight excluding hydrogens is 230 g/mol. The molecule has 1 aromatic rings. The minimum atomic E-state index is 0.240. The van der Waals surface area contributed by atoms with Gasteiger partial charge in [0.25, 0.3) is 0 Å². The standard InChI is InChI=1S/C14H23NO3/c1-15-13(8-9-16-2)12-6-4-5-7-14(12)18-11-10-17-3/h4-7,13,15H,8-11H2,1-3H3. The third kappa shape index (κ3) is 4.64. The summed E-state index contributed by atoms with van der Waals surface area (Å²) < 4.78 is 15.9. The summed E-state index contributed by atoms with van der Waals surface area (Å²) in [6.07, 6.45) is 0.914. The number of ether oxygens (including phenoxy) is 3. The number of hydrogen-bond donors (Lipinski definition) is 1. The SMILES string of the molecule is CNC(CCOC)c1ccccc1OCCOC. The van der Waals surface area contributed by atoms with Gasteiger partial charge in [0.05, 0.1) is 6.61 Å². The summed E-state index contributed by atoms with van der Waals surface area (Å²) in [5.74, 6) is 0.907. The van der Waals surface area contributed by atoms with Gasteiger partial charge in [-0.15, -0.1) is 0 Å². The van der Waals surface area contributed by atoms with Crippen LogP contribution in [0.25, 0.3) is 0 Å². The minimum Gasteiger partial charge on any atom is -0.491 e. The molecule has 0 saturated heterocycles. The predicted octanol–water partition coefficient (Wildman–Crippen LogP) is 2.01. The van der Waals surface area contributed by atoms with Gasteiger partial charge in [-0.3, -0.25) is 0 Å². The van der Waals surface area contributed by atoms with Crippen molar-refractivity contribution >= 4 is 0 Å². The summed E-state index contributed by atoms with van der Waals surface area (Å²) in [4.78, 5) is 0. The van der Waals surface area contributed by atoms with E-state index in [0.29, 0.717) is 13.2 Å². The van der Waals surface area contributed by atoms with Crippen molar-refractivity contribution in [1.29, 1.82) is 0 Å². The summed E-state index contributed by atoms with van der Waals surface area (Å²) in [5, 5.41) is 3.29. The molecule has 0 amide bonds. The molecule has 0 heterocycles. The van der Waals surface area contributed by atoms with Gasteiger partial charge >= 0.3 is 0 Å². The lowest BCUT2D eigenvalue weighted by Gasteiger charge is -2.19. The topological polar surface area (TPSA) is 39.7 Å². The Labute approximate surface area is 109 Å². The van der Waals surface area contributed by atoms with Gasteiger partial charge < -0.3 is 19.5 Å². The average Bonchev–Trinajstić information content (AvgIpc) is 2.41. The molecule has 4 nitrogen and oxygen atoms in total. The van der Waals surface area contributed by atoms with Crippen LogP contribution in [0.15, 0.2) is 24.3 Å². The molecule has 0 fully saturated rings. The molecular formula is C14H23NO3. The summed E-state index contributed by atoms with van der Waals surface area (Å²) in [5.41, 5.74) is 1.16. The lowest BCUT2D eigenvalue weighted by molar-refractivity contribution is 0.144. The summed E-state index contributed by atoms with van der Waals surface area (Å²) in [7, 11) is 5.34. The molecule has 1 N–H and O–H groups in total. The Morgan fingerprint density at radius 1 is 1.06 bits per heavy atom. The van der Waals surface area contributed by atoms with Crippen LogP contribution in [-0.2, 0) is 9.47 Å². The van der Waals surface area contributed by atoms with Crippen LogP contribution in [-0.4, -0.2) is 41.1 Å². The van der Waals surface area contributed by atoms with Crippen LogP contribution in [0.3, 0.4) is 0 Å². The molecule has 4 heteroatoms. The van der Waals surface area contributed by atoms with E-state index in [2.05, 4.69) is 11.4 Å². The van der Waals surface area contributed by atoms with E-state index in [1.54, 1.807) is 14.2 Å². The third-order valence-electron chi connectivity index (χ3n) is 2.80. The largest absolute Gasteiger partial charge is 0.491 e. The Hall–Kier alpha value is -1.10. The van der Waals surface area contributed by atoms with Crippen LogP contribution in [0.1, 0.15) is 18.0 Å². The third-order valence-corrected chi connectivity index (χ3v) is 2.80. The maximum atomic E-state index is 5.73. The molecule has 0 aliphatic heterocycles. The number of para-hydroxylation sites is 1. The van der Waals surface area contributed by atoms with E-state index in [0.717, 1.165) is 24.3 Å². The Balaban J connectivity index is 2.71. The van der Waals surface area contributed by atoms with Crippen LogP contribution >= 0.6 is 0 Å². The summed E-state index contributed by atoms with van der Waals surface area (Å²) >= 11 is 0. The van der Waals surface area contributed by atoms with Gasteiger partial charge in [0, 0.05) is 32.4 Å². The second kappa shape index (κ2) is 8.91. The molecule has 0 saturated carbocycles. The second-order valence-corrected chi connectivity index (χ2v) is 4.00. The van der Waals surface area contributed by atoms with Crippen molar-refractivity contribution in [2.45, 2.75) is 12.5 Å². The van der Waals surface area contributed by atoms with E-state index in [-0.39, 0.29) is 6.04 Å². The van der Waals surface area contributed by atoms with Crippen molar-refractivity contribution in [3.05, 3.63) is 29.8 Å². The van der Waals surface area contributed by atoms with Crippen LogP contribution in [0.2, 0.25) is 0 Å². The van der Waals surface area contributed by atoms with Crippen molar-refractivity contribution in [3.63, 3.8) is 0 Å². The van der Waals surface area contributed by atoms with E-state index >= 15 is 0 Å². The lowest BCUT2D eigenvalue weighted by atomic mass is 10.0. The van der Waals surface area contributed by atoms with Crippen LogP contribution in [0.5, 0.6) is 5.75 Å². The number of rotatable bonds is 9. The molecule has 1 atom stereocenters. The molecule has 18 heavy (non-hydrogen) atoms. The molecule has 0 aliphatic rings. The summed E-state index contributed by atoms with van der Waals surface area (Å²) in [6.45, 7) is 1.88. The first-order chi connectivity index (χ1) is 8.83. The Morgan fingerprint density at radius 2 is 1.78 bits per heavy atom. The fourth-order valence-electron chi connectivity index (χ4n) is 1.83. The maximum Gasteiger partial charge on any atom is 0.124 e. The van der Waals surface area contributed by atoms with E-state index in [9.17, 15) is 0 Å². The van der Waals surface area contributed by atoms with E-state index in [1.807, 2.05) is 25.2 Å². The van der Waals surface area contributed by atoms with Crippen molar-refractivity contribution in [1.82, 2.24) is 5.32 Å². The molecule has 0 radical (unpaired) electrons. The number of benzene rings is 1. The van der Waals surface area contributed by atoms with Gasteiger partial charge in [0.2, 0.25) is 0 Å². The molecule has 1 rings (SSSR count). The minimum absolute atomic E-state index is 0.240. The zero-order valence-corrected chi connectivity index (χ0v) is 11.4. The van der Waals surface area contributed by atoms with Crippen LogP contribution in [0, 0.1) is 0 Å². The average molecular weight is 253 g/mol. The first-order valence-corrected chi connectivity index (χ1v) is 6.20. The van der Waals surface area contributed by atoms with Crippen LogP contribution in [0.4, 0.5) is 0 Å². The first kappa shape index (κ1) is 15.0. The molecule has 1 unspecified atom stereocenters. The zero-order valence-electron chi connectivity index (χ0n) is 11.4. The quantitative estimate of drug-likeness (QED) is 0.683. The predicted molar refractivity (Wildman–Crippen MR) is 72.1 cm³/mol. The summed E-state index contributed by atoms with van der Waals surface area (Å²) in [6, 6.07) is 8.31. The van der Waals surface area contributed by atoms with Crippen LogP contribution < -0.4 is 10.1 Å². The molecule has 0 aliphatic carbocycles. The highest BCUT2D eigenvalue weighted by molar-refractivity contribution is 5.35. The van der Waals surface area contributed by atoms with Crippen molar-refractivity contribution in [2.24, 2.45) is 0 Å². The highest BCUT2D eigenvalue weighted by atomic mass is 16.5. The smallest absolute Gasteiger partial charge is 0.124 e. The molecule has 0 bridgehead atoms. The van der Waals surface area contributed by atoms with Gasteiger partial charge in [-0.05, 0) is 19.5 Å². The Bertz CT molecular complexity index is 331. The van der Waals surface area contributed by atoms with Crippen molar-refractivity contribution in [3.8, 4) is 5.75 Å². The Kier molecular flexibility index (Phi) is 7.41. The number of nitrogens with one attached hydrogen (secondary N) is 1. The van der Waals surface area contributed by atoms with Crippen molar-refractivity contribution < 1.29 is 14.2 Å². The normalized spacial score (nSPS) is 12.4. The number of methoxy groups -OCH3 is 2. The fourth-order valence-corrected chi connectivity index (χ4v) is 1.83. The lowest BCUT2D eigenvalue weighted by Crippen LogP contribution is -2.19. The zero-order chi connectivity index (χ0) is 13.2. The van der Waals surface area contributed by atoms with Gasteiger partial charge in [-0.2, -0.15) is 0 Å². The van der Waals surface area contributed by atoms with Gasteiger partial charge in [-0.25, -0.2) is 0 Å². The van der Waals surface area contributed by atoms with E-state index < -0.39 is 0 Å². The fraction of sp³-hybridized carbons (Fsp3) is 0.571.